The summed E-state index contributed by atoms with van der Waals surface area (Å²) in [6.07, 6.45) is 16.4. The van der Waals surface area contributed by atoms with Gasteiger partial charge in [-0.3, -0.25) is 34.3 Å². The quantitative estimate of drug-likeness (QED) is 0.109. The van der Waals surface area contributed by atoms with Crippen LogP contribution in [-0.4, -0.2) is 121 Å². The third-order valence-corrected chi connectivity index (χ3v) is 17.9. The van der Waals surface area contributed by atoms with E-state index in [1.54, 1.807) is 36.9 Å². The van der Waals surface area contributed by atoms with Crippen LogP contribution in [0.2, 0.25) is 0 Å². The highest BCUT2D eigenvalue weighted by Gasteiger charge is 2.56. The third kappa shape index (κ3) is 9.22. The molecule has 8 heterocycles. The van der Waals surface area contributed by atoms with Crippen molar-refractivity contribution >= 4 is 63.4 Å². The Kier molecular flexibility index (Phi) is 13.2. The molecule has 5 aliphatic heterocycles. The normalized spacial score (nSPS) is 25.9. The van der Waals surface area contributed by atoms with E-state index < -0.39 is 11.3 Å². The summed E-state index contributed by atoms with van der Waals surface area (Å²) in [4.78, 5) is 90.7. The Morgan fingerprint density at radius 2 is 1.59 bits per heavy atom. The third-order valence-electron chi connectivity index (χ3n) is 17.9. The Morgan fingerprint density at radius 1 is 0.813 bits per heavy atom. The number of carbonyl (C=O) groups excluding carboxylic acids is 5. The monoisotopic (exact) mass is 1020 g/mol. The van der Waals surface area contributed by atoms with E-state index in [9.17, 15) is 19.2 Å². The number of benzene rings is 2. The molecule has 0 unspecified atom stereocenters. The first-order valence-corrected chi connectivity index (χ1v) is 27.7. The molecule has 17 heteroatoms. The molecule has 3 N–H and O–H groups in total. The molecule has 2 aromatic carbocycles. The SMILES string of the molecule is CC(C)n1cnc2cc(-c3ccc4c(c3)N(C3CC(N5CCCCC5)C3)C(=O)C43CCN(C(=O)[C@@H]4CCN(C(=O)C5CCC(Nc6cncc([C@H]7CCC(=O)NC7=O)c6)CC5)C4)CC3)nc(Nc3ccccc3F)c21. The fourth-order valence-electron chi connectivity index (χ4n) is 13.6. The van der Waals surface area contributed by atoms with Gasteiger partial charge < -0.3 is 34.8 Å². The molecule has 392 valence electrons. The first-order chi connectivity index (χ1) is 36.4. The molecule has 2 aliphatic carbocycles. The van der Waals surface area contributed by atoms with Crippen LogP contribution in [0.1, 0.15) is 127 Å². The number of likely N-dealkylation sites (tertiary alicyclic amines) is 3. The lowest BCUT2D eigenvalue weighted by atomic mass is 9.73. The molecule has 6 fully saturated rings. The maximum Gasteiger partial charge on any atom is 0.238 e. The number of halogens is 1. The van der Waals surface area contributed by atoms with Crippen molar-refractivity contribution in [3.8, 4) is 11.3 Å². The standard InChI is InChI=1S/C58H68FN11O5/c1-35(2)69-34-61-49-30-48(64-53(52(49)69)63-47-9-5-4-8-46(47)59)37-12-16-45-50(27-37)70(43-28-42(29-43)66-21-6-3-7-22-66)57(75)58(45)19-24-67(25-20-58)56(74)38-18-23-68(33-38)55(73)36-10-13-40(14-11-36)62-41-26-39(31-60-32-41)44-15-17-51(71)65-54(44)72/h4-5,8-9,12,16,26-27,30-32,34-36,38,40,42-44,62H,3,6-7,10-11,13-15,17-25,28-29,33H2,1-2H3,(H,63,64)(H,65,71,72)/t36?,38-,40?,42?,43?,44-/m1/s1. The summed E-state index contributed by atoms with van der Waals surface area (Å²) in [5.74, 6) is -0.842. The molecule has 0 bridgehead atoms. The minimum atomic E-state index is -0.760. The van der Waals surface area contributed by atoms with Crippen molar-refractivity contribution in [1.82, 2.24) is 39.5 Å². The number of pyridine rings is 2. The van der Waals surface area contributed by atoms with Gasteiger partial charge in [-0.25, -0.2) is 14.4 Å². The Bertz CT molecular complexity index is 3040. The van der Waals surface area contributed by atoms with Crippen molar-refractivity contribution in [3.63, 3.8) is 0 Å². The molecule has 3 aromatic heterocycles. The molecule has 12 rings (SSSR count). The Hall–Kier alpha value is -6.75. The number of para-hydroxylation sites is 1. The van der Waals surface area contributed by atoms with Crippen LogP contribution < -0.4 is 20.9 Å². The minimum absolute atomic E-state index is 0.0717. The molecular weight excluding hydrogens is 950 g/mol. The highest BCUT2D eigenvalue weighted by molar-refractivity contribution is 6.09. The van der Waals surface area contributed by atoms with E-state index in [0.29, 0.717) is 81.5 Å². The Morgan fingerprint density at radius 3 is 2.35 bits per heavy atom. The van der Waals surface area contributed by atoms with Gasteiger partial charge in [0.25, 0.3) is 0 Å². The van der Waals surface area contributed by atoms with E-state index in [1.807, 2.05) is 26.5 Å². The summed E-state index contributed by atoms with van der Waals surface area (Å²) in [6.45, 7) is 8.30. The fraction of sp³-hybridized carbons (Fsp3) is 0.517. The van der Waals surface area contributed by atoms with E-state index in [0.717, 1.165) is 90.7 Å². The molecule has 2 atom stereocenters. The molecule has 7 aliphatic rings. The number of nitrogens with zero attached hydrogens (tertiary/aromatic N) is 8. The molecule has 4 saturated heterocycles. The number of carbonyl (C=O) groups is 5. The predicted octanol–water partition coefficient (Wildman–Crippen LogP) is 8.22. The zero-order valence-corrected chi connectivity index (χ0v) is 43.1. The lowest BCUT2D eigenvalue weighted by molar-refractivity contribution is -0.140. The van der Waals surface area contributed by atoms with Gasteiger partial charge in [0.1, 0.15) is 11.3 Å². The summed E-state index contributed by atoms with van der Waals surface area (Å²) in [7, 11) is 0. The lowest BCUT2D eigenvalue weighted by Crippen LogP contribution is -2.58. The Labute approximate surface area is 437 Å². The zero-order valence-electron chi connectivity index (χ0n) is 43.1. The number of hydrogen-bond acceptors (Lipinski definition) is 11. The molecule has 0 radical (unpaired) electrons. The molecule has 16 nitrogen and oxygen atoms in total. The largest absolute Gasteiger partial charge is 0.381 e. The van der Waals surface area contributed by atoms with E-state index in [4.69, 9.17) is 9.97 Å². The maximum absolute atomic E-state index is 15.3. The van der Waals surface area contributed by atoms with Gasteiger partial charge in [-0.15, -0.1) is 0 Å². The van der Waals surface area contributed by atoms with Gasteiger partial charge in [0.2, 0.25) is 29.5 Å². The van der Waals surface area contributed by atoms with Crippen LogP contribution in [0, 0.1) is 17.7 Å². The van der Waals surface area contributed by atoms with Gasteiger partial charge in [0, 0.05) is 86.3 Å². The number of piperidine rings is 3. The van der Waals surface area contributed by atoms with E-state index in [2.05, 4.69) is 62.8 Å². The number of hydrogen-bond donors (Lipinski definition) is 3. The number of imidazole rings is 1. The number of anilines is 4. The van der Waals surface area contributed by atoms with Crippen LogP contribution in [0.15, 0.2) is 73.3 Å². The smallest absolute Gasteiger partial charge is 0.238 e. The Balaban J connectivity index is 0.721. The van der Waals surface area contributed by atoms with Crippen LogP contribution in [-0.2, 0) is 29.4 Å². The zero-order chi connectivity index (χ0) is 51.5. The summed E-state index contributed by atoms with van der Waals surface area (Å²) >= 11 is 0. The highest BCUT2D eigenvalue weighted by atomic mass is 19.1. The summed E-state index contributed by atoms with van der Waals surface area (Å²) in [6, 6.07) is 17.6. The van der Waals surface area contributed by atoms with Gasteiger partial charge in [0.15, 0.2) is 5.82 Å². The topological polar surface area (TPSA) is 178 Å². The summed E-state index contributed by atoms with van der Waals surface area (Å²) in [5.41, 5.74) is 6.14. The van der Waals surface area contributed by atoms with Crippen molar-refractivity contribution in [2.24, 2.45) is 11.8 Å². The van der Waals surface area contributed by atoms with Crippen LogP contribution in [0.3, 0.4) is 0 Å². The second-order valence-corrected chi connectivity index (χ2v) is 22.7. The first kappa shape index (κ1) is 49.1. The highest BCUT2D eigenvalue weighted by Crippen LogP contribution is 2.52. The number of aromatic nitrogens is 4. The van der Waals surface area contributed by atoms with Crippen molar-refractivity contribution in [3.05, 3.63) is 90.3 Å². The number of imide groups is 1. The van der Waals surface area contributed by atoms with Crippen molar-refractivity contribution in [2.75, 3.05) is 54.8 Å². The predicted molar refractivity (Wildman–Crippen MR) is 284 cm³/mol. The fourth-order valence-corrected chi connectivity index (χ4v) is 13.6. The number of nitrogens with one attached hydrogen (secondary N) is 3. The van der Waals surface area contributed by atoms with E-state index in [-0.39, 0.29) is 65.3 Å². The maximum atomic E-state index is 15.3. The number of amides is 5. The second kappa shape index (κ2) is 20.1. The van der Waals surface area contributed by atoms with Gasteiger partial charge in [0.05, 0.1) is 46.2 Å². The van der Waals surface area contributed by atoms with Gasteiger partial charge in [-0.2, -0.15) is 0 Å². The number of fused-ring (bicyclic) bond motifs is 3. The average Bonchev–Trinajstić information content (AvgIpc) is 4.14. The van der Waals surface area contributed by atoms with E-state index in [1.165, 1.54) is 25.3 Å². The minimum Gasteiger partial charge on any atom is -0.381 e. The van der Waals surface area contributed by atoms with Crippen molar-refractivity contribution in [1.29, 1.82) is 0 Å². The molecule has 5 aromatic rings. The second-order valence-electron chi connectivity index (χ2n) is 22.7. The lowest BCUT2D eigenvalue weighted by Gasteiger charge is -2.48. The molecule has 2 saturated carbocycles. The molecule has 5 amide bonds. The van der Waals surface area contributed by atoms with E-state index >= 15 is 9.18 Å². The number of rotatable bonds is 11. The van der Waals surface area contributed by atoms with Crippen molar-refractivity contribution in [2.45, 2.75) is 139 Å². The average molecular weight is 1020 g/mol. The van der Waals surface area contributed by atoms with Gasteiger partial charge >= 0.3 is 0 Å². The van der Waals surface area contributed by atoms with Gasteiger partial charge in [-0.1, -0.05) is 30.7 Å². The van der Waals surface area contributed by atoms with Crippen LogP contribution in [0.25, 0.3) is 22.3 Å². The van der Waals surface area contributed by atoms with Crippen LogP contribution in [0.5, 0.6) is 0 Å². The molecule has 75 heavy (non-hydrogen) atoms. The summed E-state index contributed by atoms with van der Waals surface area (Å²) in [5, 5.41) is 9.29. The molecule has 1 spiro atoms. The van der Waals surface area contributed by atoms with Crippen LogP contribution >= 0.6 is 0 Å². The van der Waals surface area contributed by atoms with Crippen molar-refractivity contribution < 1.29 is 28.4 Å². The van der Waals surface area contributed by atoms with Crippen LogP contribution in [0.4, 0.5) is 27.3 Å². The molecular formula is C58H68FN11O5. The van der Waals surface area contributed by atoms with Gasteiger partial charge in [-0.05, 0) is 145 Å². The summed E-state index contributed by atoms with van der Waals surface area (Å²) < 4.78 is 17.2. The first-order valence-electron chi connectivity index (χ1n) is 27.7.